The maximum absolute atomic E-state index is 12.7. The molecule has 0 aliphatic heterocycles. The Hall–Kier alpha value is -1.80. The number of unbranched alkanes of at least 4 members (excludes halogenated alkanes) is 16. The quantitative estimate of drug-likeness (QED) is 0.0217. The Morgan fingerprint density at radius 2 is 1.00 bits per heavy atom. The molecule has 0 saturated heterocycles. The van der Waals surface area contributed by atoms with Gasteiger partial charge in [0.25, 0.3) is 0 Å². The van der Waals surface area contributed by atoms with Crippen molar-refractivity contribution in [2.75, 3.05) is 54.1 Å². The second-order valence-corrected chi connectivity index (χ2v) is 17.2. The number of nitrogens with zero attached hydrogens (tertiary/aromatic N) is 1. The number of quaternary nitrogens is 1. The Morgan fingerprint density at radius 3 is 1.55 bits per heavy atom. The molecule has 0 aromatic heterocycles. The second kappa shape index (κ2) is 39.0. The van der Waals surface area contributed by atoms with E-state index < -0.39 is 13.9 Å². The van der Waals surface area contributed by atoms with Gasteiger partial charge in [-0.05, 0) is 77.0 Å². The molecule has 320 valence electrons. The van der Waals surface area contributed by atoms with Gasteiger partial charge in [-0.25, -0.2) is 4.57 Å². The summed E-state index contributed by atoms with van der Waals surface area (Å²) in [4.78, 5) is 22.9. The number of phosphoric ester groups is 1. The van der Waals surface area contributed by atoms with Gasteiger partial charge in [-0.1, -0.05) is 145 Å². The van der Waals surface area contributed by atoms with Gasteiger partial charge in [-0.2, -0.15) is 0 Å². The minimum absolute atomic E-state index is 0.0751. The van der Waals surface area contributed by atoms with Crippen molar-refractivity contribution in [1.29, 1.82) is 0 Å². The van der Waals surface area contributed by atoms with E-state index in [1.165, 1.54) is 103 Å². The van der Waals surface area contributed by atoms with Gasteiger partial charge in [0, 0.05) is 13.0 Å². The molecule has 1 N–H and O–H groups in total. The van der Waals surface area contributed by atoms with Gasteiger partial charge >= 0.3 is 13.8 Å². The summed E-state index contributed by atoms with van der Waals surface area (Å²) in [7, 11) is 1.62. The Balaban J connectivity index is 4.36. The molecule has 9 heteroatoms. The van der Waals surface area contributed by atoms with Gasteiger partial charge in [-0.15, -0.1) is 0 Å². The lowest BCUT2D eigenvalue weighted by molar-refractivity contribution is -0.870. The summed E-state index contributed by atoms with van der Waals surface area (Å²) in [5, 5.41) is 0. The van der Waals surface area contributed by atoms with E-state index in [4.69, 9.17) is 18.5 Å². The highest BCUT2D eigenvalue weighted by Gasteiger charge is 2.26. The minimum atomic E-state index is -4.29. The third-order valence-corrected chi connectivity index (χ3v) is 10.0. The molecule has 0 aliphatic carbocycles. The Morgan fingerprint density at radius 1 is 0.564 bits per heavy atom. The van der Waals surface area contributed by atoms with Gasteiger partial charge in [0.1, 0.15) is 19.3 Å². The van der Waals surface area contributed by atoms with Crippen LogP contribution in [-0.4, -0.2) is 75.6 Å². The van der Waals surface area contributed by atoms with Crippen molar-refractivity contribution in [2.24, 2.45) is 0 Å². The van der Waals surface area contributed by atoms with E-state index in [2.05, 4.69) is 74.6 Å². The molecule has 0 bridgehead atoms. The van der Waals surface area contributed by atoms with Crippen LogP contribution in [-0.2, 0) is 27.9 Å². The molecule has 0 spiro atoms. The number of hydrogen-bond donors (Lipinski definition) is 1. The van der Waals surface area contributed by atoms with Crippen molar-refractivity contribution in [1.82, 2.24) is 0 Å². The summed E-state index contributed by atoms with van der Waals surface area (Å²) in [6.07, 6.45) is 48.3. The largest absolute Gasteiger partial charge is 0.472 e. The lowest BCUT2D eigenvalue weighted by atomic mass is 10.1. The summed E-state index contributed by atoms with van der Waals surface area (Å²) in [6, 6.07) is 0. The first-order valence-electron chi connectivity index (χ1n) is 22.0. The first kappa shape index (κ1) is 53.2. The first-order valence-corrected chi connectivity index (χ1v) is 23.5. The van der Waals surface area contributed by atoms with Crippen LogP contribution < -0.4 is 0 Å². The number of rotatable bonds is 40. The average molecular weight is 795 g/mol. The maximum atomic E-state index is 12.7. The smallest absolute Gasteiger partial charge is 0.457 e. The molecule has 0 aromatic rings. The Kier molecular flexibility index (Phi) is 37.8. The normalized spacial score (nSPS) is 14.4. The summed E-state index contributed by atoms with van der Waals surface area (Å²) >= 11 is 0. The number of likely N-dealkylation sites (N-methyl/N-ethyl adjacent to an activating group) is 1. The zero-order chi connectivity index (χ0) is 40.6. The molecule has 0 aromatic carbocycles. The fourth-order valence-electron chi connectivity index (χ4n) is 5.60. The van der Waals surface area contributed by atoms with Crippen molar-refractivity contribution in [3.8, 4) is 0 Å². The molecule has 0 aliphatic rings. The van der Waals surface area contributed by atoms with E-state index >= 15 is 0 Å². The topological polar surface area (TPSA) is 91.3 Å². The Bertz CT molecular complexity index is 1060. The predicted molar refractivity (Wildman–Crippen MR) is 233 cm³/mol. The molecule has 0 saturated carbocycles. The van der Waals surface area contributed by atoms with E-state index in [1.807, 2.05) is 21.1 Å². The molecule has 2 atom stereocenters. The molecule has 0 fully saturated rings. The number of phosphoric acid groups is 1. The molecule has 55 heavy (non-hydrogen) atoms. The maximum Gasteiger partial charge on any atom is 0.472 e. The minimum Gasteiger partial charge on any atom is -0.457 e. The number of ether oxygens (including phenoxy) is 2. The zero-order valence-corrected chi connectivity index (χ0v) is 37.0. The molecule has 1 unspecified atom stereocenters. The van der Waals surface area contributed by atoms with Crippen molar-refractivity contribution >= 4 is 13.8 Å². The highest BCUT2D eigenvalue weighted by Crippen LogP contribution is 2.43. The highest BCUT2D eigenvalue weighted by atomic mass is 31.2. The standard InChI is InChI=1S/C46H84NO7P/c1-6-8-10-12-14-16-18-20-22-24-25-27-29-31-33-35-37-39-46(48)54-45(44-53-55(49,50)52-42-40-47(3,4)5)43-51-41-38-36-34-32-30-28-26-23-21-19-17-15-13-11-9-7-2/h14,16,20-23,25,27,31,33,45H,6-13,15,17-19,24,26,28-30,32,34-44H2,1-5H3/p+1/b16-14-,22-20-,23-21-,27-25-,33-31-/t45-/m1/s1. The monoisotopic (exact) mass is 795 g/mol. The van der Waals surface area contributed by atoms with Crippen molar-refractivity contribution in [2.45, 2.75) is 174 Å². The van der Waals surface area contributed by atoms with E-state index in [-0.39, 0.29) is 32.2 Å². The molecule has 0 amide bonds. The molecule has 8 nitrogen and oxygen atoms in total. The van der Waals surface area contributed by atoms with Crippen LogP contribution in [0, 0.1) is 0 Å². The number of carbonyl (C=O) groups excluding carboxylic acids is 1. The highest BCUT2D eigenvalue weighted by molar-refractivity contribution is 7.47. The molecule has 0 radical (unpaired) electrons. The summed E-state index contributed by atoms with van der Waals surface area (Å²) in [5.41, 5.74) is 0. The van der Waals surface area contributed by atoms with Crippen LogP contribution >= 0.6 is 7.82 Å². The molecular weight excluding hydrogens is 709 g/mol. The fourth-order valence-corrected chi connectivity index (χ4v) is 6.34. The number of allylic oxidation sites excluding steroid dienone is 10. The van der Waals surface area contributed by atoms with Crippen LogP contribution in [0.1, 0.15) is 168 Å². The number of esters is 1. The van der Waals surface area contributed by atoms with Crippen LogP contribution in [0.15, 0.2) is 60.8 Å². The molecule has 0 heterocycles. The number of carbonyl (C=O) groups is 1. The van der Waals surface area contributed by atoms with Crippen LogP contribution in [0.4, 0.5) is 0 Å². The van der Waals surface area contributed by atoms with Gasteiger partial charge in [-0.3, -0.25) is 13.8 Å². The van der Waals surface area contributed by atoms with Crippen molar-refractivity contribution in [3.63, 3.8) is 0 Å². The summed E-state index contributed by atoms with van der Waals surface area (Å²) < 4.78 is 34.9. The van der Waals surface area contributed by atoms with Crippen LogP contribution in [0.2, 0.25) is 0 Å². The predicted octanol–water partition coefficient (Wildman–Crippen LogP) is 12.9. The average Bonchev–Trinajstić information content (AvgIpc) is 3.13. The van der Waals surface area contributed by atoms with E-state index in [0.717, 1.165) is 38.5 Å². The Labute approximate surface area is 339 Å². The van der Waals surface area contributed by atoms with E-state index in [1.54, 1.807) is 0 Å². The van der Waals surface area contributed by atoms with Gasteiger partial charge in [0.05, 0.1) is 34.4 Å². The zero-order valence-electron chi connectivity index (χ0n) is 36.1. The third kappa shape index (κ3) is 43.2. The summed E-state index contributed by atoms with van der Waals surface area (Å²) in [5.74, 6) is -0.371. The third-order valence-electron chi connectivity index (χ3n) is 9.05. The van der Waals surface area contributed by atoms with E-state index in [0.29, 0.717) is 24.1 Å². The molecular formula is C46H85NO7P+. The molecule has 0 rings (SSSR count). The van der Waals surface area contributed by atoms with Crippen molar-refractivity contribution < 1.29 is 37.3 Å². The van der Waals surface area contributed by atoms with Gasteiger partial charge in [0.15, 0.2) is 0 Å². The lowest BCUT2D eigenvalue weighted by Crippen LogP contribution is -2.37. The number of hydrogen-bond acceptors (Lipinski definition) is 6. The lowest BCUT2D eigenvalue weighted by Gasteiger charge is -2.24. The van der Waals surface area contributed by atoms with Crippen molar-refractivity contribution in [3.05, 3.63) is 60.8 Å². The first-order chi connectivity index (χ1) is 26.6. The van der Waals surface area contributed by atoms with Crippen LogP contribution in [0.5, 0.6) is 0 Å². The summed E-state index contributed by atoms with van der Waals surface area (Å²) in [6.45, 7) is 5.49. The van der Waals surface area contributed by atoms with Crippen LogP contribution in [0.3, 0.4) is 0 Å². The second-order valence-electron chi connectivity index (χ2n) is 15.7. The SMILES string of the molecule is CCCCC/C=C\C/C=C\C/C=C\C/C=C\CCCC(=O)O[C@H](COCCCCCCCC/C=C\CCCCCCCC)COP(=O)(O)OCC[N+](C)(C)C. The van der Waals surface area contributed by atoms with E-state index in [9.17, 15) is 14.3 Å². The fraction of sp³-hybridized carbons (Fsp3) is 0.761. The van der Waals surface area contributed by atoms with Crippen LogP contribution in [0.25, 0.3) is 0 Å². The van der Waals surface area contributed by atoms with Gasteiger partial charge < -0.3 is 18.9 Å². The van der Waals surface area contributed by atoms with Gasteiger partial charge in [0.2, 0.25) is 0 Å².